The summed E-state index contributed by atoms with van der Waals surface area (Å²) >= 11 is 6.35. The third-order valence-electron chi connectivity index (χ3n) is 4.80. The van der Waals surface area contributed by atoms with Gasteiger partial charge in [0.1, 0.15) is 6.10 Å². The Hall–Kier alpha value is -1.08. The molecule has 2 aliphatic heterocycles. The van der Waals surface area contributed by atoms with Crippen LogP contribution in [0.2, 0.25) is 5.02 Å². The number of hydrogen-bond acceptors (Lipinski definition) is 3. The molecule has 0 aliphatic carbocycles. The molecular weight excluding hydrogens is 284 g/mol. The van der Waals surface area contributed by atoms with Crippen LogP contribution in [0.25, 0.3) is 0 Å². The van der Waals surface area contributed by atoms with Gasteiger partial charge < -0.3 is 10.1 Å². The molecular formula is C17H21ClN2O. The minimum Gasteiger partial charge on any atom is -0.361 e. The van der Waals surface area contributed by atoms with Gasteiger partial charge in [-0.25, -0.2) is 0 Å². The predicted molar refractivity (Wildman–Crippen MR) is 83.2 cm³/mol. The van der Waals surface area contributed by atoms with Crippen LogP contribution in [-0.4, -0.2) is 13.1 Å². The molecule has 1 aromatic rings. The van der Waals surface area contributed by atoms with E-state index in [0.717, 1.165) is 42.1 Å². The van der Waals surface area contributed by atoms with Gasteiger partial charge in [-0.2, -0.15) is 5.26 Å². The van der Waals surface area contributed by atoms with Crippen LogP contribution in [0.1, 0.15) is 49.5 Å². The highest BCUT2D eigenvalue weighted by molar-refractivity contribution is 6.31. The zero-order chi connectivity index (χ0) is 15.3. The Kier molecular flexibility index (Phi) is 3.52. The second kappa shape index (κ2) is 4.98. The van der Waals surface area contributed by atoms with E-state index >= 15 is 0 Å². The van der Waals surface area contributed by atoms with Crippen molar-refractivity contribution < 1.29 is 4.74 Å². The topological polar surface area (TPSA) is 45.0 Å². The third-order valence-corrected chi connectivity index (χ3v) is 5.21. The van der Waals surface area contributed by atoms with Gasteiger partial charge in [-0.15, -0.1) is 0 Å². The Labute approximate surface area is 131 Å². The molecule has 2 aliphatic rings. The van der Waals surface area contributed by atoms with Gasteiger partial charge in [0, 0.05) is 5.02 Å². The van der Waals surface area contributed by atoms with Gasteiger partial charge in [-0.3, -0.25) is 0 Å². The van der Waals surface area contributed by atoms with Gasteiger partial charge in [0.05, 0.1) is 17.1 Å². The van der Waals surface area contributed by atoms with E-state index in [-0.39, 0.29) is 11.7 Å². The number of rotatable bonds is 1. The van der Waals surface area contributed by atoms with Crippen molar-refractivity contribution in [1.29, 1.82) is 5.26 Å². The predicted octanol–water partition coefficient (Wildman–Crippen LogP) is 3.85. The van der Waals surface area contributed by atoms with Gasteiger partial charge in [-0.1, -0.05) is 17.7 Å². The van der Waals surface area contributed by atoms with Crippen molar-refractivity contribution in [3.8, 4) is 6.07 Å². The summed E-state index contributed by atoms with van der Waals surface area (Å²) in [7, 11) is 0. The molecule has 1 fully saturated rings. The van der Waals surface area contributed by atoms with Gasteiger partial charge in [0.2, 0.25) is 0 Å². The van der Waals surface area contributed by atoms with Crippen molar-refractivity contribution >= 4 is 11.6 Å². The van der Waals surface area contributed by atoms with E-state index in [4.69, 9.17) is 16.3 Å². The number of halogens is 1. The molecule has 0 saturated carbocycles. The Balaban J connectivity index is 2.15. The highest BCUT2D eigenvalue weighted by Crippen LogP contribution is 2.54. The Morgan fingerprint density at radius 3 is 2.67 bits per heavy atom. The van der Waals surface area contributed by atoms with E-state index in [9.17, 15) is 5.26 Å². The van der Waals surface area contributed by atoms with Gasteiger partial charge in [-0.05, 0) is 69.5 Å². The summed E-state index contributed by atoms with van der Waals surface area (Å²) in [4.78, 5) is 0. The second-order valence-electron chi connectivity index (χ2n) is 6.76. The number of fused-ring (bicyclic) bond motifs is 2. The first-order valence-electron chi connectivity index (χ1n) is 7.50. The minimum atomic E-state index is -0.552. The number of nitrogens with zero attached hydrogens (tertiary/aromatic N) is 1. The van der Waals surface area contributed by atoms with Crippen molar-refractivity contribution in [3.63, 3.8) is 0 Å². The van der Waals surface area contributed by atoms with Crippen molar-refractivity contribution in [2.24, 2.45) is 5.41 Å². The fourth-order valence-corrected chi connectivity index (χ4v) is 3.64. The summed E-state index contributed by atoms with van der Waals surface area (Å²) in [5.74, 6) is 0. The van der Waals surface area contributed by atoms with Crippen molar-refractivity contribution in [2.45, 2.75) is 45.3 Å². The SMILES string of the molecule is Cc1cc2c(cc1Cl)C1(CCNCC1)O[C@H]2C(C)(C)C#N. The molecule has 1 atom stereocenters. The largest absolute Gasteiger partial charge is 0.361 e. The maximum Gasteiger partial charge on any atom is 0.102 e. The van der Waals surface area contributed by atoms with E-state index < -0.39 is 5.41 Å². The van der Waals surface area contributed by atoms with Crippen LogP contribution in [0.4, 0.5) is 0 Å². The lowest BCUT2D eigenvalue weighted by atomic mass is 9.80. The number of piperidine rings is 1. The molecule has 0 radical (unpaired) electrons. The molecule has 21 heavy (non-hydrogen) atoms. The zero-order valence-electron chi connectivity index (χ0n) is 12.8. The first-order chi connectivity index (χ1) is 9.89. The minimum absolute atomic E-state index is 0.188. The fourth-order valence-electron chi connectivity index (χ4n) is 3.48. The van der Waals surface area contributed by atoms with E-state index in [1.807, 2.05) is 20.8 Å². The summed E-state index contributed by atoms with van der Waals surface area (Å²) in [6.45, 7) is 7.78. The van der Waals surface area contributed by atoms with Crippen molar-refractivity contribution in [2.75, 3.05) is 13.1 Å². The van der Waals surface area contributed by atoms with E-state index in [1.165, 1.54) is 5.56 Å². The molecule has 0 aromatic heterocycles. The summed E-state index contributed by atoms with van der Waals surface area (Å²) in [6, 6.07) is 6.58. The van der Waals surface area contributed by atoms with Gasteiger partial charge >= 0.3 is 0 Å². The Morgan fingerprint density at radius 1 is 1.38 bits per heavy atom. The highest BCUT2D eigenvalue weighted by atomic mass is 35.5. The summed E-state index contributed by atoms with van der Waals surface area (Å²) in [5.41, 5.74) is 2.54. The number of nitrogens with one attached hydrogen (secondary N) is 1. The molecule has 112 valence electrons. The van der Waals surface area contributed by atoms with Crippen molar-refractivity contribution in [1.82, 2.24) is 5.32 Å². The fraction of sp³-hybridized carbons (Fsp3) is 0.588. The quantitative estimate of drug-likeness (QED) is 0.857. The zero-order valence-corrected chi connectivity index (χ0v) is 13.5. The molecule has 0 amide bonds. The molecule has 1 spiro atoms. The van der Waals surface area contributed by atoms with E-state index in [2.05, 4.69) is 23.5 Å². The molecule has 1 N–H and O–H groups in total. The molecule has 1 aromatic carbocycles. The van der Waals surface area contributed by atoms with E-state index in [0.29, 0.717) is 0 Å². The lowest BCUT2D eigenvalue weighted by Crippen LogP contribution is -2.40. The standard InChI is InChI=1S/C17H21ClN2O/c1-11-8-12-13(9-14(11)18)17(4-6-20-7-5-17)21-15(12)16(2,3)10-19/h8-9,15,20H,4-7H2,1-3H3/t15-/m1/s1. The summed E-state index contributed by atoms with van der Waals surface area (Å²) in [5, 5.41) is 13.7. The van der Waals surface area contributed by atoms with E-state index in [1.54, 1.807) is 0 Å². The average Bonchev–Trinajstić information content (AvgIpc) is 2.76. The van der Waals surface area contributed by atoms with Crippen LogP contribution in [0.15, 0.2) is 12.1 Å². The number of ether oxygens (including phenoxy) is 1. The van der Waals surface area contributed by atoms with Crippen molar-refractivity contribution in [3.05, 3.63) is 33.8 Å². The van der Waals surface area contributed by atoms with Gasteiger partial charge in [0.25, 0.3) is 0 Å². The monoisotopic (exact) mass is 304 g/mol. The van der Waals surface area contributed by atoms with Gasteiger partial charge in [0.15, 0.2) is 0 Å². The van der Waals surface area contributed by atoms with Crippen LogP contribution in [-0.2, 0) is 10.3 Å². The molecule has 3 nitrogen and oxygen atoms in total. The van der Waals surface area contributed by atoms with Crippen LogP contribution in [0.5, 0.6) is 0 Å². The van der Waals surface area contributed by atoms with Crippen LogP contribution in [0, 0.1) is 23.7 Å². The van der Waals surface area contributed by atoms with Crippen LogP contribution in [0.3, 0.4) is 0 Å². The lowest BCUT2D eigenvalue weighted by Gasteiger charge is -2.36. The smallest absolute Gasteiger partial charge is 0.102 e. The lowest BCUT2D eigenvalue weighted by molar-refractivity contribution is -0.122. The first kappa shape index (κ1) is 14.8. The molecule has 2 heterocycles. The summed E-state index contributed by atoms with van der Waals surface area (Å²) < 4.78 is 6.50. The third kappa shape index (κ3) is 2.26. The van der Waals surface area contributed by atoms with Crippen LogP contribution < -0.4 is 5.32 Å². The number of nitriles is 1. The Morgan fingerprint density at radius 2 is 2.05 bits per heavy atom. The molecule has 3 rings (SSSR count). The Bertz CT molecular complexity index is 612. The second-order valence-corrected chi connectivity index (χ2v) is 7.17. The highest BCUT2D eigenvalue weighted by Gasteiger charge is 2.50. The normalized spacial score (nSPS) is 23.9. The maximum absolute atomic E-state index is 9.52. The van der Waals surface area contributed by atoms with Crippen LogP contribution >= 0.6 is 11.6 Å². The molecule has 4 heteroatoms. The molecule has 0 bridgehead atoms. The molecule has 0 unspecified atom stereocenters. The first-order valence-corrected chi connectivity index (χ1v) is 7.88. The summed E-state index contributed by atoms with van der Waals surface area (Å²) in [6.07, 6.45) is 1.67. The number of hydrogen-bond donors (Lipinski definition) is 1. The average molecular weight is 305 g/mol. The maximum atomic E-state index is 9.52. The number of benzene rings is 1. The molecule has 1 saturated heterocycles. The number of aryl methyl sites for hydroxylation is 1.